The number of carbonyl (C=O) groups is 2. The molecule has 10 heteroatoms. The number of nitrogens with two attached hydrogens (primary N) is 1. The fraction of sp³-hybridized carbons (Fsp3) is 0.333. The first kappa shape index (κ1) is 49.8. The summed E-state index contributed by atoms with van der Waals surface area (Å²) >= 11 is 0. The summed E-state index contributed by atoms with van der Waals surface area (Å²) in [4.78, 5) is 30.7. The molecule has 10 nitrogen and oxygen atoms in total. The number of unbranched alkanes of at least 4 members (excludes halogenated alkanes) is 1. The highest BCUT2D eigenvalue weighted by molar-refractivity contribution is 5.76. The molecular formula is C57H68N4O6. The molecule has 0 atom stereocenters. The van der Waals surface area contributed by atoms with E-state index in [0.29, 0.717) is 101 Å². The van der Waals surface area contributed by atoms with E-state index >= 15 is 0 Å². The van der Waals surface area contributed by atoms with E-state index in [2.05, 4.69) is 17.3 Å². The van der Waals surface area contributed by atoms with Crippen LogP contribution in [0.25, 0.3) is 0 Å². The van der Waals surface area contributed by atoms with Gasteiger partial charge in [-0.1, -0.05) is 133 Å². The van der Waals surface area contributed by atoms with Gasteiger partial charge in [-0.25, -0.2) is 0 Å². The number of rotatable bonds is 30. The van der Waals surface area contributed by atoms with Crippen molar-refractivity contribution in [3.8, 4) is 23.0 Å². The van der Waals surface area contributed by atoms with E-state index < -0.39 is 0 Å². The average molecular weight is 905 g/mol. The van der Waals surface area contributed by atoms with Crippen molar-refractivity contribution in [2.45, 2.75) is 77.8 Å². The number of hydrogen-bond donors (Lipinski definition) is 2. The summed E-state index contributed by atoms with van der Waals surface area (Å²) in [6.45, 7) is 6.01. The Balaban J connectivity index is 0.890. The highest BCUT2D eigenvalue weighted by atomic mass is 16.5. The molecule has 0 unspecified atom stereocenters. The van der Waals surface area contributed by atoms with Crippen molar-refractivity contribution in [1.29, 1.82) is 0 Å². The summed E-state index contributed by atoms with van der Waals surface area (Å²) in [5.74, 6) is 2.85. The van der Waals surface area contributed by atoms with Gasteiger partial charge < -0.3 is 39.8 Å². The molecule has 6 rings (SSSR count). The molecule has 0 spiro atoms. The lowest BCUT2D eigenvalue weighted by molar-refractivity contribution is -0.131. The lowest BCUT2D eigenvalue weighted by Gasteiger charge is -2.24. The van der Waals surface area contributed by atoms with Crippen molar-refractivity contribution in [2.24, 2.45) is 5.73 Å². The van der Waals surface area contributed by atoms with E-state index in [9.17, 15) is 9.59 Å². The van der Waals surface area contributed by atoms with E-state index in [1.54, 1.807) is 0 Å². The zero-order valence-electron chi connectivity index (χ0n) is 39.2. The number of hydrogen-bond acceptors (Lipinski definition) is 8. The predicted molar refractivity (Wildman–Crippen MR) is 267 cm³/mol. The maximum absolute atomic E-state index is 13.6. The van der Waals surface area contributed by atoms with Crippen molar-refractivity contribution in [3.63, 3.8) is 0 Å². The van der Waals surface area contributed by atoms with Crippen LogP contribution in [-0.4, -0.2) is 67.9 Å². The first-order valence-corrected chi connectivity index (χ1v) is 23.8. The monoisotopic (exact) mass is 905 g/mol. The minimum Gasteiger partial charge on any atom is -0.485 e. The fourth-order valence-corrected chi connectivity index (χ4v) is 7.59. The first-order valence-electron chi connectivity index (χ1n) is 23.8. The van der Waals surface area contributed by atoms with Crippen LogP contribution in [-0.2, 0) is 48.9 Å². The molecule has 67 heavy (non-hydrogen) atoms. The van der Waals surface area contributed by atoms with Gasteiger partial charge in [0.2, 0.25) is 11.8 Å². The standard InChI is InChI=1S/C57H68N4O6/c1-60(37-17-35-59-56(62)32-28-46-26-30-52(64-42-48-18-6-2-7-19-48)54(40-46)66-44-50-22-10-4-11-23-50)36-14-15-38-61(39-16-34-58)57(63)33-29-47-27-31-53(65-43-49-20-8-3-9-21-49)55(41-47)67-45-51-24-12-5-13-25-51/h2-13,18-27,30-31,40-41H,14-17,28-29,32-39,42-45,58H2,1H3,(H,59,62). The summed E-state index contributed by atoms with van der Waals surface area (Å²) in [5.41, 5.74) is 12.2. The summed E-state index contributed by atoms with van der Waals surface area (Å²) in [6.07, 6.45) is 5.48. The maximum Gasteiger partial charge on any atom is 0.222 e. The third-order valence-electron chi connectivity index (χ3n) is 11.5. The van der Waals surface area contributed by atoms with Crippen LogP contribution in [0.4, 0.5) is 0 Å². The number of nitrogens with one attached hydrogen (secondary N) is 1. The molecule has 0 fully saturated rings. The molecule has 0 bridgehead atoms. The molecule has 352 valence electrons. The Bertz CT molecular complexity index is 2330. The fourth-order valence-electron chi connectivity index (χ4n) is 7.59. The number of benzene rings is 6. The smallest absolute Gasteiger partial charge is 0.222 e. The molecule has 6 aromatic carbocycles. The quantitative estimate of drug-likeness (QED) is 0.0430. The van der Waals surface area contributed by atoms with Crippen LogP contribution in [0, 0.1) is 0 Å². The van der Waals surface area contributed by atoms with Gasteiger partial charge in [0.15, 0.2) is 23.0 Å². The van der Waals surface area contributed by atoms with Gasteiger partial charge in [-0.05, 0) is 123 Å². The third-order valence-corrected chi connectivity index (χ3v) is 11.5. The van der Waals surface area contributed by atoms with E-state index in [-0.39, 0.29) is 11.8 Å². The molecule has 0 aliphatic heterocycles. The van der Waals surface area contributed by atoms with Gasteiger partial charge in [-0.3, -0.25) is 9.59 Å². The SMILES string of the molecule is CN(CCCCN(CCCN)C(=O)CCc1ccc(OCc2ccccc2)c(OCc2ccccc2)c1)CCCNC(=O)CCc1ccc(OCc2ccccc2)c(OCc2ccccc2)c1. The summed E-state index contributed by atoms with van der Waals surface area (Å²) in [6, 6.07) is 52.2. The van der Waals surface area contributed by atoms with Gasteiger partial charge in [-0.2, -0.15) is 0 Å². The molecular weight excluding hydrogens is 837 g/mol. The van der Waals surface area contributed by atoms with Crippen LogP contribution < -0.4 is 30.0 Å². The highest BCUT2D eigenvalue weighted by Gasteiger charge is 2.16. The molecule has 0 heterocycles. The van der Waals surface area contributed by atoms with E-state index in [1.807, 2.05) is 163 Å². The number of amides is 2. The number of aryl methyl sites for hydroxylation is 2. The van der Waals surface area contributed by atoms with Crippen molar-refractivity contribution in [1.82, 2.24) is 15.1 Å². The first-order chi connectivity index (χ1) is 32.9. The van der Waals surface area contributed by atoms with Crippen LogP contribution >= 0.6 is 0 Å². The van der Waals surface area contributed by atoms with Crippen molar-refractivity contribution < 1.29 is 28.5 Å². The van der Waals surface area contributed by atoms with Gasteiger partial charge in [0.1, 0.15) is 26.4 Å². The van der Waals surface area contributed by atoms with Crippen molar-refractivity contribution in [3.05, 3.63) is 191 Å². The molecule has 6 aromatic rings. The van der Waals surface area contributed by atoms with Crippen LogP contribution in [0.2, 0.25) is 0 Å². The van der Waals surface area contributed by atoms with Gasteiger partial charge in [0.05, 0.1) is 0 Å². The molecule has 3 N–H and O–H groups in total. The Morgan fingerprint density at radius 3 is 1.33 bits per heavy atom. The molecule has 0 aromatic heterocycles. The van der Waals surface area contributed by atoms with Crippen LogP contribution in [0.5, 0.6) is 23.0 Å². The van der Waals surface area contributed by atoms with E-state index in [1.165, 1.54) is 0 Å². The summed E-state index contributed by atoms with van der Waals surface area (Å²) in [5, 5.41) is 3.10. The average Bonchev–Trinajstić information content (AvgIpc) is 3.37. The minimum atomic E-state index is 0.0303. The molecule has 0 aliphatic carbocycles. The van der Waals surface area contributed by atoms with Crippen LogP contribution in [0.1, 0.15) is 71.9 Å². The lowest BCUT2D eigenvalue weighted by Crippen LogP contribution is -2.34. The van der Waals surface area contributed by atoms with Gasteiger partial charge in [0.25, 0.3) is 0 Å². The largest absolute Gasteiger partial charge is 0.485 e. The Morgan fingerprint density at radius 1 is 0.463 bits per heavy atom. The molecule has 2 amide bonds. The molecule has 0 aliphatic rings. The minimum absolute atomic E-state index is 0.0303. The summed E-state index contributed by atoms with van der Waals surface area (Å²) in [7, 11) is 2.11. The lowest BCUT2D eigenvalue weighted by atomic mass is 10.1. The van der Waals surface area contributed by atoms with E-state index in [0.717, 1.165) is 72.2 Å². The van der Waals surface area contributed by atoms with Crippen LogP contribution in [0.3, 0.4) is 0 Å². The number of nitrogens with zero attached hydrogens (tertiary/aromatic N) is 2. The third kappa shape index (κ3) is 18.3. The normalized spacial score (nSPS) is 11.0. The molecule has 0 radical (unpaired) electrons. The number of ether oxygens (including phenoxy) is 4. The predicted octanol–water partition coefficient (Wildman–Crippen LogP) is 9.96. The van der Waals surface area contributed by atoms with Crippen molar-refractivity contribution >= 4 is 11.8 Å². The second kappa shape index (κ2) is 28.4. The highest BCUT2D eigenvalue weighted by Crippen LogP contribution is 2.32. The topological polar surface area (TPSA) is 116 Å². The van der Waals surface area contributed by atoms with Crippen molar-refractivity contribution in [2.75, 3.05) is 46.3 Å². The van der Waals surface area contributed by atoms with Crippen LogP contribution in [0.15, 0.2) is 158 Å². The van der Waals surface area contributed by atoms with Gasteiger partial charge >= 0.3 is 0 Å². The second-order valence-corrected chi connectivity index (χ2v) is 16.9. The Morgan fingerprint density at radius 2 is 0.866 bits per heavy atom. The zero-order valence-corrected chi connectivity index (χ0v) is 39.2. The molecule has 0 saturated heterocycles. The molecule has 0 saturated carbocycles. The Labute approximate surface area is 398 Å². The Hall–Kier alpha value is -6.62. The second-order valence-electron chi connectivity index (χ2n) is 16.9. The van der Waals surface area contributed by atoms with Gasteiger partial charge in [0, 0.05) is 32.5 Å². The Kier molecular flexibility index (Phi) is 21.1. The zero-order chi connectivity index (χ0) is 46.7. The van der Waals surface area contributed by atoms with E-state index in [4.69, 9.17) is 24.7 Å². The summed E-state index contributed by atoms with van der Waals surface area (Å²) < 4.78 is 24.9. The van der Waals surface area contributed by atoms with Gasteiger partial charge in [-0.15, -0.1) is 0 Å². The maximum atomic E-state index is 13.6. The number of carbonyl (C=O) groups excluding carboxylic acids is 2.